The second-order valence-corrected chi connectivity index (χ2v) is 3.58. The van der Waals surface area contributed by atoms with Crippen LogP contribution in [0, 0.1) is 0 Å². The number of carbonyl (C=O) groups is 1. The molecule has 82 valence electrons. The predicted molar refractivity (Wildman–Crippen MR) is 61.0 cm³/mol. The number of ether oxygens (including phenoxy) is 1. The van der Waals surface area contributed by atoms with Crippen molar-refractivity contribution in [3.05, 3.63) is 35.4 Å². The monoisotopic (exact) mass is 206 g/mol. The highest BCUT2D eigenvalue weighted by Crippen LogP contribution is 2.08. The molecule has 0 fully saturated rings. The summed E-state index contributed by atoms with van der Waals surface area (Å²) in [6.07, 6.45) is 3.05. The summed E-state index contributed by atoms with van der Waals surface area (Å²) in [5.74, 6) is -0.222. The van der Waals surface area contributed by atoms with E-state index in [4.69, 9.17) is 4.74 Å². The van der Waals surface area contributed by atoms with Gasteiger partial charge in [0.15, 0.2) is 0 Å². The lowest BCUT2D eigenvalue weighted by molar-refractivity contribution is 0.0505. The van der Waals surface area contributed by atoms with E-state index in [-0.39, 0.29) is 5.97 Å². The molecule has 15 heavy (non-hydrogen) atoms. The molecule has 2 nitrogen and oxygen atoms in total. The van der Waals surface area contributed by atoms with Gasteiger partial charge in [-0.05, 0) is 30.5 Å². The summed E-state index contributed by atoms with van der Waals surface area (Å²) >= 11 is 0. The van der Waals surface area contributed by atoms with E-state index in [9.17, 15) is 4.79 Å². The van der Waals surface area contributed by atoms with Gasteiger partial charge in [0, 0.05) is 0 Å². The Morgan fingerprint density at radius 2 is 1.80 bits per heavy atom. The third-order valence-electron chi connectivity index (χ3n) is 2.17. The number of rotatable bonds is 5. The highest BCUT2D eigenvalue weighted by Gasteiger charge is 2.05. The van der Waals surface area contributed by atoms with Crippen LogP contribution in [0.3, 0.4) is 0 Å². The van der Waals surface area contributed by atoms with Gasteiger partial charge >= 0.3 is 5.97 Å². The molecule has 0 aliphatic heterocycles. The van der Waals surface area contributed by atoms with Crippen LogP contribution in [0.1, 0.15) is 42.6 Å². The van der Waals surface area contributed by atoms with Crippen molar-refractivity contribution in [2.75, 3.05) is 6.61 Å². The van der Waals surface area contributed by atoms with Gasteiger partial charge in [-0.25, -0.2) is 4.79 Å². The molecule has 0 aromatic heterocycles. The molecule has 2 heteroatoms. The van der Waals surface area contributed by atoms with Crippen molar-refractivity contribution in [3.63, 3.8) is 0 Å². The van der Waals surface area contributed by atoms with Crippen LogP contribution in [0.5, 0.6) is 0 Å². The third-order valence-corrected chi connectivity index (χ3v) is 2.17. The van der Waals surface area contributed by atoms with E-state index in [0.717, 1.165) is 19.3 Å². The first-order valence-corrected chi connectivity index (χ1v) is 5.54. The Hall–Kier alpha value is -1.31. The molecule has 0 radical (unpaired) electrons. The molecule has 1 aromatic carbocycles. The number of benzene rings is 1. The van der Waals surface area contributed by atoms with Crippen LogP contribution < -0.4 is 0 Å². The topological polar surface area (TPSA) is 26.3 Å². The summed E-state index contributed by atoms with van der Waals surface area (Å²) < 4.78 is 5.04. The van der Waals surface area contributed by atoms with E-state index in [1.54, 1.807) is 0 Å². The smallest absolute Gasteiger partial charge is 0.338 e. The van der Waals surface area contributed by atoms with Crippen LogP contribution in [0.15, 0.2) is 24.3 Å². The number of carbonyl (C=O) groups excluding carboxylic acids is 1. The fourth-order valence-electron chi connectivity index (χ4n) is 1.37. The zero-order valence-corrected chi connectivity index (χ0v) is 9.45. The Balaban J connectivity index is 2.58. The second-order valence-electron chi connectivity index (χ2n) is 3.58. The zero-order valence-electron chi connectivity index (χ0n) is 9.45. The maximum Gasteiger partial charge on any atom is 0.338 e. The molecule has 1 rings (SSSR count). The Morgan fingerprint density at radius 3 is 2.33 bits per heavy atom. The van der Waals surface area contributed by atoms with Crippen LogP contribution >= 0.6 is 0 Å². The second kappa shape index (κ2) is 6.23. The first-order chi connectivity index (χ1) is 7.27. The Bertz CT molecular complexity index is 301. The van der Waals surface area contributed by atoms with Crippen LogP contribution in [0.25, 0.3) is 0 Å². The van der Waals surface area contributed by atoms with Crippen LogP contribution in [0.2, 0.25) is 0 Å². The summed E-state index contributed by atoms with van der Waals surface area (Å²) in [6.45, 7) is 4.62. The molecule has 0 bridgehead atoms. The lowest BCUT2D eigenvalue weighted by Crippen LogP contribution is -2.05. The minimum atomic E-state index is -0.222. The average Bonchev–Trinajstić information content (AvgIpc) is 2.27. The van der Waals surface area contributed by atoms with Gasteiger partial charge in [-0.2, -0.15) is 0 Å². The third kappa shape index (κ3) is 3.74. The summed E-state index contributed by atoms with van der Waals surface area (Å²) in [5, 5.41) is 0. The normalized spacial score (nSPS) is 10.0. The van der Waals surface area contributed by atoms with Gasteiger partial charge in [0.1, 0.15) is 0 Å². The maximum absolute atomic E-state index is 11.5. The van der Waals surface area contributed by atoms with Crippen LogP contribution in [-0.2, 0) is 11.2 Å². The number of hydrogen-bond donors (Lipinski definition) is 0. The molecule has 0 aliphatic carbocycles. The number of hydrogen-bond acceptors (Lipinski definition) is 2. The van der Waals surface area contributed by atoms with Crippen molar-refractivity contribution in [2.24, 2.45) is 0 Å². The fraction of sp³-hybridized carbons (Fsp3) is 0.462. The van der Waals surface area contributed by atoms with E-state index in [1.807, 2.05) is 31.2 Å². The van der Waals surface area contributed by atoms with Gasteiger partial charge in [0.05, 0.1) is 12.2 Å². The molecule has 0 saturated heterocycles. The molecular weight excluding hydrogens is 188 g/mol. The molecule has 0 saturated carbocycles. The summed E-state index contributed by atoms with van der Waals surface area (Å²) in [6, 6.07) is 7.66. The molecule has 0 atom stereocenters. The SMILES string of the molecule is CCCOC(=O)c1ccc(CCC)cc1. The highest BCUT2D eigenvalue weighted by atomic mass is 16.5. The van der Waals surface area contributed by atoms with E-state index < -0.39 is 0 Å². The van der Waals surface area contributed by atoms with Crippen molar-refractivity contribution in [2.45, 2.75) is 33.1 Å². The van der Waals surface area contributed by atoms with Gasteiger partial charge in [0.2, 0.25) is 0 Å². The average molecular weight is 206 g/mol. The molecule has 0 spiro atoms. The van der Waals surface area contributed by atoms with Gasteiger partial charge in [-0.15, -0.1) is 0 Å². The molecule has 1 aromatic rings. The Labute approximate surface area is 91.3 Å². The standard InChI is InChI=1S/C13H18O2/c1-3-5-11-6-8-12(9-7-11)13(14)15-10-4-2/h6-9H,3-5,10H2,1-2H3. The van der Waals surface area contributed by atoms with Crippen molar-refractivity contribution >= 4 is 5.97 Å². The predicted octanol–water partition coefficient (Wildman–Crippen LogP) is 3.21. The molecule has 0 amide bonds. The quantitative estimate of drug-likeness (QED) is 0.691. The Morgan fingerprint density at radius 1 is 1.13 bits per heavy atom. The van der Waals surface area contributed by atoms with E-state index >= 15 is 0 Å². The molecule has 0 aliphatic rings. The van der Waals surface area contributed by atoms with Crippen molar-refractivity contribution in [1.29, 1.82) is 0 Å². The van der Waals surface area contributed by atoms with Gasteiger partial charge in [-0.3, -0.25) is 0 Å². The minimum absolute atomic E-state index is 0.222. The Kier molecular flexibility index (Phi) is 4.88. The van der Waals surface area contributed by atoms with Crippen molar-refractivity contribution in [3.8, 4) is 0 Å². The molecule has 0 unspecified atom stereocenters. The van der Waals surface area contributed by atoms with E-state index in [2.05, 4.69) is 6.92 Å². The van der Waals surface area contributed by atoms with E-state index in [1.165, 1.54) is 5.56 Å². The number of esters is 1. The van der Waals surface area contributed by atoms with Crippen molar-refractivity contribution < 1.29 is 9.53 Å². The maximum atomic E-state index is 11.5. The fourth-order valence-corrected chi connectivity index (χ4v) is 1.37. The lowest BCUT2D eigenvalue weighted by atomic mass is 10.1. The van der Waals surface area contributed by atoms with Crippen LogP contribution in [-0.4, -0.2) is 12.6 Å². The first-order valence-electron chi connectivity index (χ1n) is 5.54. The first kappa shape index (κ1) is 11.8. The summed E-state index contributed by atoms with van der Waals surface area (Å²) in [5.41, 5.74) is 1.91. The zero-order chi connectivity index (χ0) is 11.1. The highest BCUT2D eigenvalue weighted by molar-refractivity contribution is 5.89. The largest absolute Gasteiger partial charge is 0.462 e. The van der Waals surface area contributed by atoms with Gasteiger partial charge in [0.25, 0.3) is 0 Å². The minimum Gasteiger partial charge on any atom is -0.462 e. The summed E-state index contributed by atoms with van der Waals surface area (Å²) in [7, 11) is 0. The molecule has 0 N–H and O–H groups in total. The molecule has 0 heterocycles. The van der Waals surface area contributed by atoms with Gasteiger partial charge in [-0.1, -0.05) is 32.4 Å². The number of aryl methyl sites for hydroxylation is 1. The molecular formula is C13H18O2. The van der Waals surface area contributed by atoms with Gasteiger partial charge < -0.3 is 4.74 Å². The van der Waals surface area contributed by atoms with Crippen LogP contribution in [0.4, 0.5) is 0 Å². The van der Waals surface area contributed by atoms with Crippen molar-refractivity contribution in [1.82, 2.24) is 0 Å². The lowest BCUT2D eigenvalue weighted by Gasteiger charge is -2.04. The van der Waals surface area contributed by atoms with E-state index in [0.29, 0.717) is 12.2 Å². The summed E-state index contributed by atoms with van der Waals surface area (Å²) in [4.78, 5) is 11.5.